The van der Waals surface area contributed by atoms with Gasteiger partial charge in [-0.1, -0.05) is 32.0 Å². The number of hydrogen-bond donors (Lipinski definition) is 0. The minimum atomic E-state index is 0.510. The van der Waals surface area contributed by atoms with Crippen molar-refractivity contribution in [2.45, 2.75) is 27.2 Å². The Kier molecular flexibility index (Phi) is 4.20. The van der Waals surface area contributed by atoms with Gasteiger partial charge in [0, 0.05) is 22.9 Å². The normalized spacial score (nSPS) is 11.4. The molecule has 0 unspecified atom stereocenters. The number of rotatable bonds is 3. The fourth-order valence-corrected chi connectivity index (χ4v) is 3.90. The highest BCUT2D eigenvalue weighted by Gasteiger charge is 2.21. The van der Waals surface area contributed by atoms with Crippen molar-refractivity contribution in [3.05, 3.63) is 71.2 Å². The number of pyridine rings is 1. The second kappa shape index (κ2) is 6.55. The summed E-state index contributed by atoms with van der Waals surface area (Å²) in [6, 6.07) is 14.4. The molecule has 0 aliphatic heterocycles. The van der Waals surface area contributed by atoms with Crippen LogP contribution in [0.15, 0.2) is 53.1 Å². The van der Waals surface area contributed by atoms with E-state index >= 15 is 0 Å². The minimum absolute atomic E-state index is 0.510. The maximum atomic E-state index is 7.45. The van der Waals surface area contributed by atoms with Gasteiger partial charge in [0.15, 0.2) is 11.9 Å². The average Bonchev–Trinajstić information content (AvgIpc) is 3.00. The van der Waals surface area contributed by atoms with Gasteiger partial charge in [0.25, 0.3) is 0 Å². The lowest BCUT2D eigenvalue weighted by Gasteiger charge is -2.08. The Morgan fingerprint density at radius 1 is 1.15 bits per heavy atom. The van der Waals surface area contributed by atoms with Crippen LogP contribution in [0.5, 0.6) is 0 Å². The maximum absolute atomic E-state index is 7.45. The van der Waals surface area contributed by atoms with Gasteiger partial charge in [0.05, 0.1) is 12.1 Å². The average molecular weight is 355 g/mol. The van der Waals surface area contributed by atoms with E-state index in [1.54, 1.807) is 0 Å². The van der Waals surface area contributed by atoms with E-state index in [0.717, 1.165) is 39.6 Å². The molecule has 4 rings (SSSR count). The number of benzene rings is 2. The summed E-state index contributed by atoms with van der Waals surface area (Å²) in [6.45, 7) is 14.0. The summed E-state index contributed by atoms with van der Waals surface area (Å²) in [7, 11) is 2.05. The Hall–Kier alpha value is -3.12. The zero-order valence-corrected chi connectivity index (χ0v) is 16.2. The van der Waals surface area contributed by atoms with Gasteiger partial charge in [-0.25, -0.2) is 9.41 Å². The van der Waals surface area contributed by atoms with Gasteiger partial charge >= 0.3 is 0 Å². The summed E-state index contributed by atoms with van der Waals surface area (Å²) in [5.74, 6) is 0.510. The molecular formula is C24H23N2O+. The molecule has 3 nitrogen and oxygen atoms in total. The molecule has 0 N–H and O–H groups in total. The van der Waals surface area contributed by atoms with Crippen LogP contribution in [0.25, 0.3) is 38.0 Å². The minimum Gasteiger partial charge on any atom is -0.456 e. The van der Waals surface area contributed by atoms with Gasteiger partial charge < -0.3 is 4.42 Å². The number of hydrogen-bond acceptors (Lipinski definition) is 1. The lowest BCUT2D eigenvalue weighted by Crippen LogP contribution is -2.30. The monoisotopic (exact) mass is 355 g/mol. The molecule has 0 fully saturated rings. The van der Waals surface area contributed by atoms with E-state index < -0.39 is 0 Å². The summed E-state index contributed by atoms with van der Waals surface area (Å²) >= 11 is 0. The van der Waals surface area contributed by atoms with Crippen LogP contribution < -0.4 is 4.57 Å². The number of aryl methyl sites for hydroxylation is 2. The second-order valence-corrected chi connectivity index (χ2v) is 7.62. The van der Waals surface area contributed by atoms with Crippen LogP contribution in [-0.4, -0.2) is 0 Å². The number of furan rings is 1. The molecule has 0 amide bonds. The highest BCUT2D eigenvalue weighted by Crippen LogP contribution is 2.40. The first-order valence-electron chi connectivity index (χ1n) is 9.31. The Morgan fingerprint density at radius 3 is 2.67 bits per heavy atom. The molecule has 27 heavy (non-hydrogen) atoms. The molecule has 2 aromatic carbocycles. The maximum Gasteiger partial charge on any atom is 0.216 e. The highest BCUT2D eigenvalue weighted by molar-refractivity contribution is 6.11. The van der Waals surface area contributed by atoms with Crippen molar-refractivity contribution in [1.29, 1.82) is 0 Å². The van der Waals surface area contributed by atoms with Crippen LogP contribution >= 0.6 is 0 Å². The van der Waals surface area contributed by atoms with Crippen molar-refractivity contribution < 1.29 is 8.98 Å². The zero-order chi connectivity index (χ0) is 19.1. The van der Waals surface area contributed by atoms with E-state index in [1.165, 1.54) is 11.1 Å². The molecule has 0 aliphatic carbocycles. The molecule has 0 saturated carbocycles. The summed E-state index contributed by atoms with van der Waals surface area (Å²) in [4.78, 5) is 3.66. The van der Waals surface area contributed by atoms with Gasteiger partial charge in [-0.05, 0) is 42.5 Å². The van der Waals surface area contributed by atoms with Gasteiger partial charge in [0.2, 0.25) is 5.69 Å². The molecule has 0 aliphatic rings. The third-order valence-corrected chi connectivity index (χ3v) is 5.08. The van der Waals surface area contributed by atoms with Crippen LogP contribution in [0.2, 0.25) is 0 Å². The standard InChI is InChI=1S/C24H23N2O/c1-15(2)12-17-13-18(25-4)14-21-23(17)19-10-9-16(3)22(24(19)27-21)20-8-6-7-11-26(20)5/h6-11,13-15H,12H2,1-3,5H3/q+1. The zero-order valence-electron chi connectivity index (χ0n) is 16.2. The Morgan fingerprint density at radius 2 is 1.96 bits per heavy atom. The predicted molar refractivity (Wildman–Crippen MR) is 110 cm³/mol. The molecule has 134 valence electrons. The first-order chi connectivity index (χ1) is 13.0. The van der Waals surface area contributed by atoms with Crippen LogP contribution in [0.4, 0.5) is 5.69 Å². The molecule has 3 heteroatoms. The first-order valence-corrected chi connectivity index (χ1v) is 9.31. The Labute approximate surface area is 159 Å². The van der Waals surface area contributed by atoms with Crippen LogP contribution in [0.3, 0.4) is 0 Å². The molecule has 0 bridgehead atoms. The second-order valence-electron chi connectivity index (χ2n) is 7.62. The first kappa shape index (κ1) is 17.3. The molecule has 4 aromatic rings. The van der Waals surface area contributed by atoms with E-state index in [4.69, 9.17) is 11.0 Å². The molecule has 0 spiro atoms. The number of nitrogens with zero attached hydrogens (tertiary/aromatic N) is 2. The molecular weight excluding hydrogens is 332 g/mol. The highest BCUT2D eigenvalue weighted by atomic mass is 16.3. The van der Waals surface area contributed by atoms with E-state index in [9.17, 15) is 0 Å². The Balaban J connectivity index is 2.12. The van der Waals surface area contributed by atoms with Crippen molar-refractivity contribution in [2.24, 2.45) is 13.0 Å². The van der Waals surface area contributed by atoms with Crippen molar-refractivity contribution in [2.75, 3.05) is 0 Å². The predicted octanol–water partition coefficient (Wildman–Crippen LogP) is 6.14. The van der Waals surface area contributed by atoms with Crippen molar-refractivity contribution in [1.82, 2.24) is 0 Å². The van der Waals surface area contributed by atoms with Gasteiger partial charge in [0.1, 0.15) is 18.2 Å². The van der Waals surface area contributed by atoms with E-state index in [1.807, 2.05) is 18.2 Å². The van der Waals surface area contributed by atoms with E-state index in [2.05, 4.69) is 67.7 Å². The van der Waals surface area contributed by atoms with Crippen LogP contribution in [-0.2, 0) is 13.5 Å². The molecule has 2 aromatic heterocycles. The molecule has 2 heterocycles. The van der Waals surface area contributed by atoms with E-state index in [0.29, 0.717) is 11.6 Å². The Bertz CT molecular complexity index is 1210. The SMILES string of the molecule is [C-]#[N+]c1cc(CC(C)C)c2c(c1)oc1c(-c3cccc[n+]3C)c(C)ccc12. The van der Waals surface area contributed by atoms with E-state index in [-0.39, 0.29) is 0 Å². The summed E-state index contributed by atoms with van der Waals surface area (Å²) < 4.78 is 8.50. The summed E-state index contributed by atoms with van der Waals surface area (Å²) in [6.07, 6.45) is 2.98. The molecule has 0 radical (unpaired) electrons. The molecule has 0 atom stereocenters. The topological polar surface area (TPSA) is 21.4 Å². The third kappa shape index (κ3) is 2.88. The third-order valence-electron chi connectivity index (χ3n) is 5.08. The van der Waals surface area contributed by atoms with Crippen molar-refractivity contribution in [3.8, 4) is 11.3 Å². The summed E-state index contributed by atoms with van der Waals surface area (Å²) in [5, 5.41) is 2.27. The fraction of sp³-hybridized carbons (Fsp3) is 0.250. The van der Waals surface area contributed by atoms with Crippen LogP contribution in [0, 0.1) is 19.4 Å². The van der Waals surface area contributed by atoms with Gasteiger partial charge in [-0.2, -0.15) is 0 Å². The van der Waals surface area contributed by atoms with Gasteiger partial charge in [-0.15, -0.1) is 0 Å². The van der Waals surface area contributed by atoms with Crippen molar-refractivity contribution >= 4 is 27.6 Å². The van der Waals surface area contributed by atoms with Crippen LogP contribution in [0.1, 0.15) is 25.0 Å². The lowest BCUT2D eigenvalue weighted by molar-refractivity contribution is -0.660. The lowest BCUT2D eigenvalue weighted by atomic mass is 9.95. The smallest absolute Gasteiger partial charge is 0.216 e. The van der Waals surface area contributed by atoms with Crippen molar-refractivity contribution in [3.63, 3.8) is 0 Å². The largest absolute Gasteiger partial charge is 0.456 e. The molecule has 0 saturated heterocycles. The number of fused-ring (bicyclic) bond motifs is 3. The summed E-state index contributed by atoms with van der Waals surface area (Å²) in [5.41, 5.74) is 6.96. The quantitative estimate of drug-likeness (QED) is 0.320. The number of aromatic nitrogens is 1. The fourth-order valence-electron chi connectivity index (χ4n) is 3.90. The van der Waals surface area contributed by atoms with Gasteiger partial charge in [-0.3, -0.25) is 0 Å².